The lowest BCUT2D eigenvalue weighted by molar-refractivity contribution is 0.217. The van der Waals surface area contributed by atoms with Crippen molar-refractivity contribution in [2.24, 2.45) is 0 Å². The fraction of sp³-hybridized carbons (Fsp3) is 0.583. The van der Waals surface area contributed by atoms with E-state index < -0.39 is 0 Å². The molecule has 0 fully saturated rings. The summed E-state index contributed by atoms with van der Waals surface area (Å²) in [6.07, 6.45) is 4.14. The summed E-state index contributed by atoms with van der Waals surface area (Å²) < 4.78 is 5.70. The van der Waals surface area contributed by atoms with Crippen LogP contribution in [0.2, 0.25) is 0 Å². The van der Waals surface area contributed by atoms with Gasteiger partial charge in [-0.1, -0.05) is 13.8 Å². The van der Waals surface area contributed by atoms with E-state index >= 15 is 0 Å². The Bertz CT molecular complexity index is 289. The van der Waals surface area contributed by atoms with E-state index in [0.29, 0.717) is 0 Å². The van der Waals surface area contributed by atoms with Crippen LogP contribution in [-0.4, -0.2) is 17.6 Å². The predicted molar refractivity (Wildman–Crippen MR) is 63.4 cm³/mol. The number of ether oxygens (including phenoxy) is 1. The predicted octanol–water partition coefficient (Wildman–Crippen LogP) is 3.08. The summed E-state index contributed by atoms with van der Waals surface area (Å²) in [5.41, 5.74) is 0. The molecular weight excluding hydrogens is 188 g/mol. The lowest BCUT2D eigenvalue weighted by Gasteiger charge is -2.13. The van der Waals surface area contributed by atoms with E-state index in [9.17, 15) is 0 Å². The molecule has 3 heteroatoms. The van der Waals surface area contributed by atoms with Crippen LogP contribution in [0.5, 0.6) is 5.75 Å². The lowest BCUT2D eigenvalue weighted by Crippen LogP contribution is -2.10. The van der Waals surface area contributed by atoms with Gasteiger partial charge >= 0.3 is 0 Å². The maximum absolute atomic E-state index is 5.70. The van der Waals surface area contributed by atoms with E-state index in [1.54, 1.807) is 6.20 Å². The number of rotatable bonds is 6. The zero-order chi connectivity index (χ0) is 11.1. The standard InChI is InChI=1S/C12H20N2O/c1-4-7-13-12-9-11(6-8-14-12)15-10(3)5-2/h6,8-10H,4-5,7H2,1-3H3,(H,13,14). The quantitative estimate of drug-likeness (QED) is 0.780. The van der Waals surface area contributed by atoms with Crippen LogP contribution in [0.25, 0.3) is 0 Å². The Hall–Kier alpha value is -1.25. The van der Waals surface area contributed by atoms with Crippen molar-refractivity contribution in [3.8, 4) is 5.75 Å². The van der Waals surface area contributed by atoms with Crippen molar-refractivity contribution in [2.45, 2.75) is 39.7 Å². The highest BCUT2D eigenvalue weighted by Gasteiger charge is 2.01. The SMILES string of the molecule is CCCNc1cc(OC(C)CC)ccn1. The van der Waals surface area contributed by atoms with E-state index in [4.69, 9.17) is 4.74 Å². The number of nitrogens with one attached hydrogen (secondary N) is 1. The fourth-order valence-corrected chi connectivity index (χ4v) is 1.15. The molecule has 0 radical (unpaired) electrons. The first-order chi connectivity index (χ1) is 7.26. The van der Waals surface area contributed by atoms with Gasteiger partial charge in [0.1, 0.15) is 11.6 Å². The Labute approximate surface area is 91.9 Å². The summed E-state index contributed by atoms with van der Waals surface area (Å²) in [5, 5.41) is 3.23. The first-order valence-corrected chi connectivity index (χ1v) is 5.62. The van der Waals surface area contributed by atoms with Crippen molar-refractivity contribution in [1.82, 2.24) is 4.98 Å². The molecule has 1 aromatic rings. The first kappa shape index (κ1) is 11.8. The van der Waals surface area contributed by atoms with Gasteiger partial charge in [0.2, 0.25) is 0 Å². The van der Waals surface area contributed by atoms with Gasteiger partial charge in [-0.05, 0) is 25.8 Å². The van der Waals surface area contributed by atoms with Crippen LogP contribution < -0.4 is 10.1 Å². The van der Waals surface area contributed by atoms with Gasteiger partial charge in [-0.3, -0.25) is 0 Å². The average Bonchev–Trinajstić information content (AvgIpc) is 2.26. The van der Waals surface area contributed by atoms with Gasteiger partial charge in [-0.25, -0.2) is 4.98 Å². The molecule has 1 rings (SSSR count). The van der Waals surface area contributed by atoms with Crippen LogP contribution in [0.1, 0.15) is 33.6 Å². The molecule has 15 heavy (non-hydrogen) atoms. The first-order valence-electron chi connectivity index (χ1n) is 5.62. The monoisotopic (exact) mass is 208 g/mol. The minimum Gasteiger partial charge on any atom is -0.491 e. The molecule has 1 heterocycles. The third kappa shape index (κ3) is 4.19. The van der Waals surface area contributed by atoms with Gasteiger partial charge in [-0.2, -0.15) is 0 Å². The maximum Gasteiger partial charge on any atom is 0.129 e. The van der Waals surface area contributed by atoms with Gasteiger partial charge in [-0.15, -0.1) is 0 Å². The smallest absolute Gasteiger partial charge is 0.129 e. The van der Waals surface area contributed by atoms with E-state index in [2.05, 4.69) is 31.1 Å². The Morgan fingerprint density at radius 1 is 1.47 bits per heavy atom. The van der Waals surface area contributed by atoms with Gasteiger partial charge in [0.25, 0.3) is 0 Å². The molecule has 0 amide bonds. The van der Waals surface area contributed by atoms with Crippen LogP contribution in [0.4, 0.5) is 5.82 Å². The maximum atomic E-state index is 5.70. The summed E-state index contributed by atoms with van der Waals surface area (Å²) in [5.74, 6) is 1.77. The summed E-state index contributed by atoms with van der Waals surface area (Å²) in [6, 6.07) is 3.84. The van der Waals surface area contributed by atoms with Gasteiger partial charge in [0.05, 0.1) is 6.10 Å². The number of hydrogen-bond acceptors (Lipinski definition) is 3. The molecule has 0 aromatic carbocycles. The molecule has 0 bridgehead atoms. The molecule has 3 nitrogen and oxygen atoms in total. The van der Waals surface area contributed by atoms with Crippen molar-refractivity contribution < 1.29 is 4.74 Å². The minimum atomic E-state index is 0.256. The molecule has 0 spiro atoms. The average molecular weight is 208 g/mol. The van der Waals surface area contributed by atoms with Gasteiger partial charge in [0, 0.05) is 18.8 Å². The van der Waals surface area contributed by atoms with E-state index in [1.165, 1.54) is 0 Å². The van der Waals surface area contributed by atoms with Crippen LogP contribution >= 0.6 is 0 Å². The van der Waals surface area contributed by atoms with Crippen molar-refractivity contribution in [3.63, 3.8) is 0 Å². The largest absolute Gasteiger partial charge is 0.491 e. The lowest BCUT2D eigenvalue weighted by atomic mass is 10.3. The van der Waals surface area contributed by atoms with Gasteiger partial charge in [0.15, 0.2) is 0 Å². The molecule has 1 unspecified atom stereocenters. The van der Waals surface area contributed by atoms with Crippen LogP contribution in [0.3, 0.4) is 0 Å². The van der Waals surface area contributed by atoms with E-state index in [-0.39, 0.29) is 6.10 Å². The summed E-state index contributed by atoms with van der Waals surface area (Å²) in [4.78, 5) is 4.22. The molecular formula is C12H20N2O. The molecule has 0 aliphatic heterocycles. The second kappa shape index (κ2) is 6.27. The molecule has 0 aliphatic carbocycles. The third-order valence-electron chi connectivity index (χ3n) is 2.20. The molecule has 84 valence electrons. The van der Waals surface area contributed by atoms with Crippen molar-refractivity contribution in [2.75, 3.05) is 11.9 Å². The van der Waals surface area contributed by atoms with E-state index in [1.807, 2.05) is 12.1 Å². The number of anilines is 1. The molecule has 0 saturated heterocycles. The molecule has 1 aromatic heterocycles. The van der Waals surface area contributed by atoms with Crippen molar-refractivity contribution >= 4 is 5.82 Å². The summed E-state index contributed by atoms with van der Waals surface area (Å²) in [6.45, 7) is 7.26. The Balaban J connectivity index is 2.57. The topological polar surface area (TPSA) is 34.1 Å². The van der Waals surface area contributed by atoms with E-state index in [0.717, 1.165) is 31.0 Å². The summed E-state index contributed by atoms with van der Waals surface area (Å²) >= 11 is 0. The van der Waals surface area contributed by atoms with Crippen molar-refractivity contribution in [3.05, 3.63) is 18.3 Å². The molecule has 0 aliphatic rings. The summed E-state index contributed by atoms with van der Waals surface area (Å²) in [7, 11) is 0. The number of pyridine rings is 1. The zero-order valence-corrected chi connectivity index (χ0v) is 9.79. The third-order valence-corrected chi connectivity index (χ3v) is 2.20. The minimum absolute atomic E-state index is 0.256. The Kier molecular flexibility index (Phi) is 4.95. The number of nitrogens with zero attached hydrogens (tertiary/aromatic N) is 1. The number of hydrogen-bond donors (Lipinski definition) is 1. The fourth-order valence-electron chi connectivity index (χ4n) is 1.15. The van der Waals surface area contributed by atoms with Crippen LogP contribution in [0.15, 0.2) is 18.3 Å². The normalized spacial score (nSPS) is 12.2. The molecule has 0 saturated carbocycles. The highest BCUT2D eigenvalue weighted by molar-refractivity contribution is 5.40. The second-order valence-electron chi connectivity index (χ2n) is 3.64. The highest BCUT2D eigenvalue weighted by atomic mass is 16.5. The van der Waals surface area contributed by atoms with Crippen LogP contribution in [0, 0.1) is 0 Å². The zero-order valence-electron chi connectivity index (χ0n) is 9.79. The highest BCUT2D eigenvalue weighted by Crippen LogP contribution is 2.16. The van der Waals surface area contributed by atoms with Crippen molar-refractivity contribution in [1.29, 1.82) is 0 Å². The Morgan fingerprint density at radius 2 is 2.27 bits per heavy atom. The van der Waals surface area contributed by atoms with Gasteiger partial charge < -0.3 is 10.1 Å². The molecule has 1 atom stereocenters. The Morgan fingerprint density at radius 3 is 2.93 bits per heavy atom. The molecule has 1 N–H and O–H groups in total. The number of aromatic nitrogens is 1. The van der Waals surface area contributed by atoms with Crippen LogP contribution in [-0.2, 0) is 0 Å². The second-order valence-corrected chi connectivity index (χ2v) is 3.64.